The summed E-state index contributed by atoms with van der Waals surface area (Å²) in [5.41, 5.74) is 9.51. The summed E-state index contributed by atoms with van der Waals surface area (Å²) < 4.78 is 1.68. The van der Waals surface area contributed by atoms with Gasteiger partial charge in [-0.05, 0) is 30.2 Å². The molecule has 1 aliphatic carbocycles. The molecule has 0 aliphatic heterocycles. The number of Topliss-reactive ketones (excluding diaryl/α,β-unsaturated/α-hetero) is 1. The molecule has 156 valence electrons. The van der Waals surface area contributed by atoms with Gasteiger partial charge in [-0.3, -0.25) is 14.5 Å². The van der Waals surface area contributed by atoms with Gasteiger partial charge in [0.05, 0.1) is 16.2 Å². The van der Waals surface area contributed by atoms with Crippen LogP contribution in [0, 0.1) is 5.92 Å². The summed E-state index contributed by atoms with van der Waals surface area (Å²) in [4.78, 5) is 26.6. The summed E-state index contributed by atoms with van der Waals surface area (Å²) in [5, 5.41) is 5.84. The lowest BCUT2D eigenvalue weighted by molar-refractivity contribution is 0.0932. The minimum atomic E-state index is -0.0722. The van der Waals surface area contributed by atoms with Crippen LogP contribution in [0.15, 0.2) is 42.7 Å². The van der Waals surface area contributed by atoms with Crippen molar-refractivity contribution in [2.75, 3.05) is 5.73 Å². The number of aromatic nitrogens is 5. The Labute approximate surface area is 184 Å². The number of hydrogen-bond donors (Lipinski definition) is 1. The van der Waals surface area contributed by atoms with Gasteiger partial charge in [0, 0.05) is 36.8 Å². The van der Waals surface area contributed by atoms with Crippen molar-refractivity contribution < 1.29 is 4.79 Å². The second-order valence-electron chi connectivity index (χ2n) is 7.99. The molecule has 0 atom stereocenters. The molecule has 8 heteroatoms. The van der Waals surface area contributed by atoms with E-state index in [1.54, 1.807) is 16.9 Å². The van der Waals surface area contributed by atoms with Crippen LogP contribution in [0.1, 0.15) is 36.2 Å². The topological polar surface area (TPSA) is 99.6 Å². The molecule has 1 aliphatic rings. The molecule has 0 unspecified atom stereocenters. The first-order valence-corrected chi connectivity index (χ1v) is 10.6. The lowest BCUT2D eigenvalue weighted by Gasteiger charge is -2.24. The van der Waals surface area contributed by atoms with Gasteiger partial charge in [0.2, 0.25) is 0 Å². The highest BCUT2D eigenvalue weighted by Gasteiger charge is 2.26. The fraction of sp³-hybridized carbons (Fsp3) is 0.261. The van der Waals surface area contributed by atoms with Gasteiger partial charge < -0.3 is 5.73 Å². The first-order chi connectivity index (χ1) is 15.0. The van der Waals surface area contributed by atoms with E-state index >= 15 is 0 Å². The maximum Gasteiger partial charge on any atom is 0.185 e. The molecule has 0 saturated heterocycles. The van der Waals surface area contributed by atoms with Crippen molar-refractivity contribution >= 4 is 34.1 Å². The lowest BCUT2D eigenvalue weighted by atomic mass is 9.81. The van der Waals surface area contributed by atoms with Crippen LogP contribution in [0.3, 0.4) is 0 Å². The highest BCUT2D eigenvalue weighted by molar-refractivity contribution is 6.35. The summed E-state index contributed by atoms with van der Waals surface area (Å²) in [6.07, 6.45) is 7.30. The van der Waals surface area contributed by atoms with Crippen LogP contribution in [-0.4, -0.2) is 30.5 Å². The highest BCUT2D eigenvalue weighted by Crippen LogP contribution is 2.36. The molecular formula is C23H21ClN6O. The van der Waals surface area contributed by atoms with Crippen LogP contribution in [0.25, 0.3) is 33.5 Å². The van der Waals surface area contributed by atoms with E-state index in [-0.39, 0.29) is 17.3 Å². The highest BCUT2D eigenvalue weighted by atomic mass is 35.5. The zero-order valence-electron chi connectivity index (χ0n) is 17.0. The minimum Gasteiger partial charge on any atom is -0.382 e. The zero-order chi connectivity index (χ0) is 21.5. The van der Waals surface area contributed by atoms with Crippen LogP contribution >= 0.6 is 11.6 Å². The number of nitrogen functional groups attached to an aromatic ring is 1. The van der Waals surface area contributed by atoms with Gasteiger partial charge >= 0.3 is 0 Å². The second-order valence-corrected chi connectivity index (χ2v) is 8.39. The van der Waals surface area contributed by atoms with Crippen molar-refractivity contribution in [3.8, 4) is 22.6 Å². The van der Waals surface area contributed by atoms with Gasteiger partial charge in [0.25, 0.3) is 0 Å². The van der Waals surface area contributed by atoms with Crippen LogP contribution in [0.5, 0.6) is 0 Å². The van der Waals surface area contributed by atoms with Crippen molar-refractivity contribution in [1.29, 1.82) is 0 Å². The fourth-order valence-corrected chi connectivity index (χ4v) is 4.19. The average molecular weight is 433 g/mol. The number of halogens is 1. The van der Waals surface area contributed by atoms with E-state index in [0.717, 1.165) is 23.8 Å². The summed E-state index contributed by atoms with van der Waals surface area (Å²) in [6.45, 7) is 0. The third-order valence-corrected chi connectivity index (χ3v) is 6.06. The molecular weight excluding hydrogens is 412 g/mol. The van der Waals surface area contributed by atoms with E-state index in [1.807, 2.05) is 37.5 Å². The van der Waals surface area contributed by atoms with Crippen LogP contribution < -0.4 is 5.73 Å². The number of ketones is 1. The Kier molecular flexibility index (Phi) is 4.90. The second kappa shape index (κ2) is 7.74. The number of carbonyl (C=O) groups is 1. The summed E-state index contributed by atoms with van der Waals surface area (Å²) in [5.74, 6) is 0.466. The summed E-state index contributed by atoms with van der Waals surface area (Å²) in [7, 11) is 1.83. The van der Waals surface area contributed by atoms with E-state index in [0.29, 0.717) is 40.0 Å². The van der Waals surface area contributed by atoms with Gasteiger partial charge in [0.15, 0.2) is 11.6 Å². The smallest absolute Gasteiger partial charge is 0.185 e. The average Bonchev–Trinajstić information content (AvgIpc) is 3.16. The maximum absolute atomic E-state index is 12.9. The Hall–Kier alpha value is -3.32. The Morgan fingerprint density at radius 3 is 2.77 bits per heavy atom. The molecule has 4 aromatic rings. The minimum absolute atomic E-state index is 0.0722. The van der Waals surface area contributed by atoms with Crippen LogP contribution in [-0.2, 0) is 7.05 Å². The van der Waals surface area contributed by atoms with E-state index in [4.69, 9.17) is 22.3 Å². The molecule has 5 rings (SSSR count). The van der Waals surface area contributed by atoms with Crippen molar-refractivity contribution in [2.45, 2.75) is 25.7 Å². The zero-order valence-corrected chi connectivity index (χ0v) is 17.8. The number of carbonyl (C=O) groups excluding carboxylic acids is 1. The van der Waals surface area contributed by atoms with Gasteiger partial charge in [0.1, 0.15) is 17.1 Å². The molecule has 0 radical (unpaired) electrons. The summed E-state index contributed by atoms with van der Waals surface area (Å²) >= 11 is 6.52. The SMILES string of the molecule is Cn1ccc(-c2nc(N)c(C(=O)CC3CCC3)nc2-c2cc(Cl)c3ncccc3c2)n1. The van der Waals surface area contributed by atoms with Crippen molar-refractivity contribution in [1.82, 2.24) is 24.7 Å². The van der Waals surface area contributed by atoms with Crippen molar-refractivity contribution in [2.24, 2.45) is 13.0 Å². The molecule has 2 N–H and O–H groups in total. The molecule has 0 spiro atoms. The van der Waals surface area contributed by atoms with Crippen molar-refractivity contribution in [3.63, 3.8) is 0 Å². The Morgan fingerprint density at radius 1 is 1.23 bits per heavy atom. The third kappa shape index (κ3) is 3.65. The van der Waals surface area contributed by atoms with E-state index < -0.39 is 0 Å². The molecule has 7 nitrogen and oxygen atoms in total. The van der Waals surface area contributed by atoms with E-state index in [9.17, 15) is 4.79 Å². The molecule has 0 amide bonds. The lowest BCUT2D eigenvalue weighted by Crippen LogP contribution is -2.18. The number of rotatable bonds is 5. The largest absolute Gasteiger partial charge is 0.382 e. The first kappa shape index (κ1) is 19.6. The summed E-state index contributed by atoms with van der Waals surface area (Å²) in [6, 6.07) is 9.37. The number of anilines is 1. The Bertz CT molecular complexity index is 1310. The Balaban J connectivity index is 1.69. The van der Waals surface area contributed by atoms with Gasteiger partial charge in [-0.15, -0.1) is 0 Å². The van der Waals surface area contributed by atoms with Gasteiger partial charge in [-0.25, -0.2) is 9.97 Å². The normalized spacial score (nSPS) is 14.0. The quantitative estimate of drug-likeness (QED) is 0.459. The van der Waals surface area contributed by atoms with Crippen LogP contribution in [0.4, 0.5) is 5.82 Å². The standard InChI is InChI=1S/C23H21ClN6O/c1-30-9-7-17(29-30)21-20(15-11-14-6-3-8-26-19(14)16(24)12-15)27-22(23(25)28-21)18(31)10-13-4-2-5-13/h3,6-9,11-13H,2,4-5,10H2,1H3,(H2,25,28). The van der Waals surface area contributed by atoms with Crippen LogP contribution in [0.2, 0.25) is 5.02 Å². The molecule has 31 heavy (non-hydrogen) atoms. The number of hydrogen-bond acceptors (Lipinski definition) is 6. The number of pyridine rings is 1. The molecule has 1 fully saturated rings. The number of aryl methyl sites for hydroxylation is 1. The van der Waals surface area contributed by atoms with Gasteiger partial charge in [-0.1, -0.05) is 36.9 Å². The third-order valence-electron chi connectivity index (χ3n) is 5.77. The maximum atomic E-state index is 12.9. The Morgan fingerprint density at radius 2 is 2.06 bits per heavy atom. The van der Waals surface area contributed by atoms with E-state index in [2.05, 4.69) is 15.1 Å². The van der Waals surface area contributed by atoms with Crippen molar-refractivity contribution in [3.05, 3.63) is 53.4 Å². The number of fused-ring (bicyclic) bond motifs is 1. The number of nitrogens with zero attached hydrogens (tertiary/aromatic N) is 5. The molecule has 3 aromatic heterocycles. The monoisotopic (exact) mass is 432 g/mol. The molecule has 3 heterocycles. The van der Waals surface area contributed by atoms with Gasteiger partial charge in [-0.2, -0.15) is 5.10 Å². The predicted molar refractivity (Wildman–Crippen MR) is 121 cm³/mol. The molecule has 1 aromatic carbocycles. The first-order valence-electron chi connectivity index (χ1n) is 10.2. The molecule has 1 saturated carbocycles. The fourth-order valence-electron chi connectivity index (χ4n) is 3.92. The van der Waals surface area contributed by atoms with E-state index in [1.165, 1.54) is 6.42 Å². The predicted octanol–water partition coefficient (Wildman–Crippen LogP) is 4.70. The number of nitrogens with two attached hydrogens (primary N) is 1. The molecule has 0 bridgehead atoms. The number of benzene rings is 1.